The third kappa shape index (κ3) is 6.29. The second-order valence-electron chi connectivity index (χ2n) is 11.0. The number of hydrogen-bond donors (Lipinski definition) is 1. The molecule has 0 radical (unpaired) electrons. The summed E-state index contributed by atoms with van der Waals surface area (Å²) in [5, 5.41) is 9.03. The molecule has 204 valence electrons. The molecule has 1 amide bonds. The Morgan fingerprint density at radius 2 is 1.76 bits per heavy atom. The van der Waals surface area contributed by atoms with Gasteiger partial charge in [-0.25, -0.2) is 8.78 Å². The number of hydrogen-bond acceptors (Lipinski definition) is 5. The highest BCUT2D eigenvalue weighted by molar-refractivity contribution is 6.88. The second-order valence-corrected chi connectivity index (χ2v) is 16.0. The van der Waals surface area contributed by atoms with E-state index in [2.05, 4.69) is 0 Å². The maximum absolute atomic E-state index is 14.9. The van der Waals surface area contributed by atoms with Gasteiger partial charge in [0.05, 0.1) is 21.3 Å². The number of Topliss-reactive ketones (excluding diaryl/α,β-unsaturated/α-hetero) is 1. The maximum Gasteiger partial charge on any atom is 0.303 e. The number of rotatable bonds is 10. The molecule has 0 spiro atoms. The number of aliphatic carboxylic acids is 1. The van der Waals surface area contributed by atoms with E-state index in [0.29, 0.717) is 30.9 Å². The molecule has 1 atom stereocenters. The molecule has 1 saturated heterocycles. The first-order valence-corrected chi connectivity index (χ1v) is 16.3. The van der Waals surface area contributed by atoms with Crippen molar-refractivity contribution in [2.45, 2.75) is 63.9 Å². The molecule has 2 heterocycles. The standard InChI is InChI=1S/C28H33F2NO6Si/c1-38(2,3)28-22(29)11-17(12-23(28)30)13-24(32)27-21-8-7-19(37-20-15-36-16-20)14-18(21)9-10-31(27)25(33)5-4-6-26(34)35/h7-8,11-12,14,20,27H,4-6,9-10,13,15-16H2,1-3H3,(H,34,35)/t27-/m1/s1. The Morgan fingerprint density at radius 1 is 1.08 bits per heavy atom. The van der Waals surface area contributed by atoms with E-state index < -0.39 is 31.7 Å². The molecule has 1 fully saturated rings. The topological polar surface area (TPSA) is 93.1 Å². The largest absolute Gasteiger partial charge is 0.486 e. The molecule has 4 rings (SSSR count). The van der Waals surface area contributed by atoms with Gasteiger partial charge in [-0.1, -0.05) is 25.7 Å². The van der Waals surface area contributed by atoms with Crippen LogP contribution in [0.3, 0.4) is 0 Å². The summed E-state index contributed by atoms with van der Waals surface area (Å²) in [6.45, 7) is 6.84. The molecule has 2 aliphatic heterocycles. The van der Waals surface area contributed by atoms with Crippen molar-refractivity contribution in [3.8, 4) is 5.75 Å². The van der Waals surface area contributed by atoms with E-state index >= 15 is 0 Å². The number of amides is 1. The number of nitrogens with zero attached hydrogens (tertiary/aromatic N) is 1. The molecule has 2 aromatic rings. The van der Waals surface area contributed by atoms with Crippen molar-refractivity contribution in [1.82, 2.24) is 4.90 Å². The molecule has 10 heteroatoms. The average Bonchev–Trinajstić information content (AvgIpc) is 2.78. The molecule has 1 N–H and O–H groups in total. The number of ether oxygens (including phenoxy) is 2. The molecule has 2 aromatic carbocycles. The monoisotopic (exact) mass is 545 g/mol. The van der Waals surface area contributed by atoms with E-state index in [9.17, 15) is 23.2 Å². The minimum absolute atomic E-state index is 0.0115. The van der Waals surface area contributed by atoms with Crippen molar-refractivity contribution in [2.24, 2.45) is 0 Å². The highest BCUT2D eigenvalue weighted by atomic mass is 28.3. The summed E-state index contributed by atoms with van der Waals surface area (Å²) in [6.07, 6.45) is 0.218. The summed E-state index contributed by atoms with van der Waals surface area (Å²) >= 11 is 0. The number of carbonyl (C=O) groups excluding carboxylic acids is 2. The summed E-state index contributed by atoms with van der Waals surface area (Å²) in [5.41, 5.74) is 1.72. The van der Waals surface area contributed by atoms with Crippen molar-refractivity contribution in [3.05, 3.63) is 58.7 Å². The van der Waals surface area contributed by atoms with Crippen LogP contribution in [0.4, 0.5) is 8.78 Å². The molecular formula is C28H33F2NO6Si. The third-order valence-electron chi connectivity index (χ3n) is 6.89. The van der Waals surface area contributed by atoms with Gasteiger partial charge in [0.1, 0.15) is 29.5 Å². The number of carbonyl (C=O) groups is 3. The van der Waals surface area contributed by atoms with Gasteiger partial charge in [0.25, 0.3) is 0 Å². The Morgan fingerprint density at radius 3 is 2.34 bits per heavy atom. The SMILES string of the molecule is C[Si](C)(C)c1c(F)cc(CC(=O)[C@H]2c3ccc(OC4COC4)cc3CCN2C(=O)CCCC(=O)O)cc1F. The number of benzene rings is 2. The summed E-state index contributed by atoms with van der Waals surface area (Å²) < 4.78 is 40.8. The van der Waals surface area contributed by atoms with Gasteiger partial charge in [-0.3, -0.25) is 14.4 Å². The van der Waals surface area contributed by atoms with Gasteiger partial charge in [-0.15, -0.1) is 0 Å². The molecule has 0 saturated carbocycles. The van der Waals surface area contributed by atoms with E-state index in [4.69, 9.17) is 14.6 Å². The first-order valence-electron chi connectivity index (χ1n) is 12.8. The quantitative estimate of drug-likeness (QED) is 0.457. The number of carboxylic acid groups (broad SMARTS) is 1. The van der Waals surface area contributed by atoms with Crippen LogP contribution in [0.2, 0.25) is 19.6 Å². The normalized spacial score (nSPS) is 17.5. The van der Waals surface area contributed by atoms with Crippen LogP contribution in [0.5, 0.6) is 5.75 Å². The minimum atomic E-state index is -2.28. The van der Waals surface area contributed by atoms with Gasteiger partial charge >= 0.3 is 5.97 Å². The van der Waals surface area contributed by atoms with Crippen LogP contribution >= 0.6 is 0 Å². The van der Waals surface area contributed by atoms with Crippen LogP contribution in [0.25, 0.3) is 0 Å². The molecule has 2 aliphatic rings. The van der Waals surface area contributed by atoms with E-state index in [1.54, 1.807) is 12.1 Å². The zero-order valence-corrected chi connectivity index (χ0v) is 22.9. The van der Waals surface area contributed by atoms with Crippen LogP contribution in [-0.2, 0) is 32.0 Å². The third-order valence-corrected chi connectivity index (χ3v) is 8.87. The summed E-state index contributed by atoms with van der Waals surface area (Å²) in [5.74, 6) is -2.34. The van der Waals surface area contributed by atoms with Crippen molar-refractivity contribution < 1.29 is 37.7 Å². The Balaban J connectivity index is 1.62. The van der Waals surface area contributed by atoms with Gasteiger partial charge in [0.15, 0.2) is 5.78 Å². The molecule has 0 bridgehead atoms. The maximum atomic E-state index is 14.9. The lowest BCUT2D eigenvalue weighted by molar-refractivity contribution is -0.141. The van der Waals surface area contributed by atoms with Gasteiger partial charge in [-0.05, 0) is 53.8 Å². The highest BCUT2D eigenvalue weighted by Crippen LogP contribution is 2.35. The average molecular weight is 546 g/mol. The first kappa shape index (κ1) is 27.9. The number of halogens is 2. The van der Waals surface area contributed by atoms with Crippen molar-refractivity contribution in [2.75, 3.05) is 19.8 Å². The molecule has 7 nitrogen and oxygen atoms in total. The smallest absolute Gasteiger partial charge is 0.303 e. The lowest BCUT2D eigenvalue weighted by Crippen LogP contribution is -2.44. The van der Waals surface area contributed by atoms with Crippen molar-refractivity contribution >= 4 is 30.9 Å². The zero-order chi connectivity index (χ0) is 27.6. The lowest BCUT2D eigenvalue weighted by Gasteiger charge is -2.37. The summed E-state index contributed by atoms with van der Waals surface area (Å²) in [7, 11) is -2.28. The highest BCUT2D eigenvalue weighted by Gasteiger charge is 2.36. The fourth-order valence-corrected chi connectivity index (χ4v) is 6.62. The van der Waals surface area contributed by atoms with Crippen LogP contribution in [0.15, 0.2) is 30.3 Å². The minimum Gasteiger partial charge on any atom is -0.486 e. The fourth-order valence-electron chi connectivity index (χ4n) is 5.04. The Kier molecular flexibility index (Phi) is 8.32. The predicted octanol–water partition coefficient (Wildman–Crippen LogP) is 3.78. The molecule has 38 heavy (non-hydrogen) atoms. The molecule has 0 aliphatic carbocycles. The fraction of sp³-hybridized carbons (Fsp3) is 0.464. The summed E-state index contributed by atoms with van der Waals surface area (Å²) in [6, 6.07) is 6.86. The van der Waals surface area contributed by atoms with Gasteiger partial charge < -0.3 is 19.5 Å². The van der Waals surface area contributed by atoms with Gasteiger partial charge in [0.2, 0.25) is 5.91 Å². The Labute approximate surface area is 221 Å². The van der Waals surface area contributed by atoms with E-state index in [1.807, 2.05) is 25.7 Å². The molecular weight excluding hydrogens is 512 g/mol. The van der Waals surface area contributed by atoms with E-state index in [-0.39, 0.29) is 60.8 Å². The van der Waals surface area contributed by atoms with Crippen LogP contribution in [0, 0.1) is 11.6 Å². The van der Waals surface area contributed by atoms with E-state index in [0.717, 1.165) is 5.56 Å². The lowest BCUT2D eigenvalue weighted by atomic mass is 9.87. The first-order chi connectivity index (χ1) is 17.9. The Bertz CT molecular complexity index is 1220. The number of ketones is 1. The second kappa shape index (κ2) is 11.3. The zero-order valence-electron chi connectivity index (χ0n) is 21.9. The molecule has 0 aromatic heterocycles. The van der Waals surface area contributed by atoms with Gasteiger partial charge in [-0.2, -0.15) is 0 Å². The predicted molar refractivity (Wildman–Crippen MR) is 139 cm³/mol. The summed E-state index contributed by atoms with van der Waals surface area (Å²) in [4.78, 5) is 39.2. The van der Waals surface area contributed by atoms with Crippen molar-refractivity contribution in [3.63, 3.8) is 0 Å². The molecule has 0 unspecified atom stereocenters. The van der Waals surface area contributed by atoms with Crippen LogP contribution < -0.4 is 9.92 Å². The van der Waals surface area contributed by atoms with Gasteiger partial charge in [0, 0.05) is 31.0 Å². The van der Waals surface area contributed by atoms with Crippen molar-refractivity contribution in [1.29, 1.82) is 0 Å². The van der Waals surface area contributed by atoms with E-state index in [1.165, 1.54) is 17.0 Å². The number of fused-ring (bicyclic) bond motifs is 1. The Hall–Kier alpha value is -3.11. The van der Waals surface area contributed by atoms with Crippen LogP contribution in [0.1, 0.15) is 42.0 Å². The van der Waals surface area contributed by atoms with Crippen LogP contribution in [-0.4, -0.2) is 61.6 Å². The number of carboxylic acids is 1.